The summed E-state index contributed by atoms with van der Waals surface area (Å²) < 4.78 is 11.6. The molecule has 0 spiro atoms. The van der Waals surface area contributed by atoms with E-state index >= 15 is 0 Å². The summed E-state index contributed by atoms with van der Waals surface area (Å²) in [5.74, 6) is 0.776. The van der Waals surface area contributed by atoms with Crippen LogP contribution < -0.4 is 15.0 Å². The fourth-order valence-electron chi connectivity index (χ4n) is 2.24. The van der Waals surface area contributed by atoms with Gasteiger partial charge in [0.25, 0.3) is 5.56 Å². The molecular formula is C16H15N3O3. The van der Waals surface area contributed by atoms with Crippen molar-refractivity contribution in [1.29, 1.82) is 0 Å². The van der Waals surface area contributed by atoms with Crippen molar-refractivity contribution >= 4 is 11.0 Å². The summed E-state index contributed by atoms with van der Waals surface area (Å²) in [6, 6.07) is 11.3. The molecule has 0 fully saturated rings. The van der Waals surface area contributed by atoms with Gasteiger partial charge in [-0.3, -0.25) is 9.36 Å². The minimum absolute atomic E-state index is 0.185. The minimum atomic E-state index is -0.185. The summed E-state index contributed by atoms with van der Waals surface area (Å²) in [6.07, 6.45) is 0. The smallest absolute Gasteiger partial charge is 0.300 e. The average molecular weight is 297 g/mol. The van der Waals surface area contributed by atoms with Crippen molar-refractivity contribution in [2.45, 2.75) is 0 Å². The highest BCUT2D eigenvalue weighted by molar-refractivity contribution is 5.77. The molecule has 0 atom stereocenters. The third-order valence-electron chi connectivity index (χ3n) is 3.47. The Labute approximate surface area is 127 Å². The van der Waals surface area contributed by atoms with Crippen LogP contribution in [0, 0.1) is 0 Å². The fourth-order valence-corrected chi connectivity index (χ4v) is 2.24. The van der Waals surface area contributed by atoms with Crippen molar-refractivity contribution in [2.75, 3.05) is 14.2 Å². The number of methoxy groups -OCH3 is 2. The lowest BCUT2D eigenvalue weighted by Crippen LogP contribution is -2.20. The maximum absolute atomic E-state index is 12.2. The molecule has 2 aromatic heterocycles. The Balaban J connectivity index is 2.16. The summed E-state index contributed by atoms with van der Waals surface area (Å²) in [6.45, 7) is 0. The highest BCUT2D eigenvalue weighted by Crippen LogP contribution is 2.22. The third kappa shape index (κ3) is 2.28. The van der Waals surface area contributed by atoms with Gasteiger partial charge in [0.15, 0.2) is 5.65 Å². The molecule has 6 nitrogen and oxygen atoms in total. The zero-order chi connectivity index (χ0) is 15.7. The number of hydrogen-bond acceptors (Lipinski definition) is 5. The van der Waals surface area contributed by atoms with Crippen molar-refractivity contribution in [2.24, 2.45) is 7.05 Å². The van der Waals surface area contributed by atoms with Gasteiger partial charge in [-0.15, -0.1) is 0 Å². The predicted molar refractivity (Wildman–Crippen MR) is 83.3 cm³/mol. The molecule has 0 amide bonds. The Morgan fingerprint density at radius 1 is 0.955 bits per heavy atom. The monoisotopic (exact) mass is 297 g/mol. The fraction of sp³-hybridized carbons (Fsp3) is 0.188. The molecule has 0 N–H and O–H groups in total. The van der Waals surface area contributed by atoms with E-state index in [1.165, 1.54) is 11.7 Å². The highest BCUT2D eigenvalue weighted by Gasteiger charge is 2.10. The SMILES string of the molecule is COc1ccc(-c2ccc3c(=O)n(C)c(OC)nc3n2)cc1. The predicted octanol–water partition coefficient (Wildman–Crippen LogP) is 2.01. The Morgan fingerprint density at radius 3 is 2.32 bits per heavy atom. The molecule has 1 aromatic carbocycles. The van der Waals surface area contributed by atoms with E-state index in [-0.39, 0.29) is 11.6 Å². The van der Waals surface area contributed by atoms with Crippen molar-refractivity contribution < 1.29 is 9.47 Å². The van der Waals surface area contributed by atoms with Gasteiger partial charge in [-0.1, -0.05) is 0 Å². The molecule has 6 heteroatoms. The lowest BCUT2D eigenvalue weighted by atomic mass is 10.1. The molecule has 3 rings (SSSR count). The van der Waals surface area contributed by atoms with Crippen molar-refractivity contribution in [3.8, 4) is 23.0 Å². The van der Waals surface area contributed by atoms with Crippen LogP contribution in [-0.4, -0.2) is 28.8 Å². The number of aromatic nitrogens is 3. The van der Waals surface area contributed by atoms with Crippen LogP contribution in [0.1, 0.15) is 0 Å². The van der Waals surface area contributed by atoms with Gasteiger partial charge in [0.1, 0.15) is 5.75 Å². The van der Waals surface area contributed by atoms with Crippen molar-refractivity contribution in [3.63, 3.8) is 0 Å². The standard InChI is InChI=1S/C16H15N3O3/c1-19-15(20)12-8-9-13(17-14(12)18-16(19)22-3)10-4-6-11(21-2)7-5-10/h4-9H,1-3H3. The highest BCUT2D eigenvalue weighted by atomic mass is 16.5. The number of benzene rings is 1. The summed E-state index contributed by atoms with van der Waals surface area (Å²) in [7, 11) is 4.71. The van der Waals surface area contributed by atoms with Crippen LogP contribution in [-0.2, 0) is 7.05 Å². The summed E-state index contributed by atoms with van der Waals surface area (Å²) in [5.41, 5.74) is 1.84. The Bertz CT molecular complexity index is 886. The molecule has 0 bridgehead atoms. The van der Waals surface area contributed by atoms with E-state index < -0.39 is 0 Å². The molecule has 0 aliphatic rings. The largest absolute Gasteiger partial charge is 0.497 e. The number of nitrogens with zero attached hydrogens (tertiary/aromatic N) is 3. The van der Waals surface area contributed by atoms with E-state index in [1.54, 1.807) is 26.3 Å². The van der Waals surface area contributed by atoms with Gasteiger partial charge in [-0.2, -0.15) is 4.98 Å². The van der Waals surface area contributed by atoms with Crippen LogP contribution in [0.15, 0.2) is 41.2 Å². The molecule has 0 unspecified atom stereocenters. The van der Waals surface area contributed by atoms with Crippen LogP contribution in [0.25, 0.3) is 22.3 Å². The third-order valence-corrected chi connectivity index (χ3v) is 3.47. The van der Waals surface area contributed by atoms with Crippen LogP contribution in [0.4, 0.5) is 0 Å². The van der Waals surface area contributed by atoms with Crippen LogP contribution in [0.3, 0.4) is 0 Å². The molecule has 2 heterocycles. The van der Waals surface area contributed by atoms with Gasteiger partial charge in [-0.05, 0) is 36.4 Å². The van der Waals surface area contributed by atoms with Gasteiger partial charge < -0.3 is 9.47 Å². The summed E-state index contributed by atoms with van der Waals surface area (Å²) in [5, 5.41) is 0.459. The second-order valence-electron chi connectivity index (χ2n) is 4.76. The second-order valence-corrected chi connectivity index (χ2v) is 4.76. The Hall–Kier alpha value is -2.89. The molecule has 0 aliphatic heterocycles. The Kier molecular flexibility index (Phi) is 3.50. The first-order valence-corrected chi connectivity index (χ1v) is 6.70. The van der Waals surface area contributed by atoms with E-state index in [0.29, 0.717) is 11.0 Å². The van der Waals surface area contributed by atoms with Crippen LogP contribution in [0.2, 0.25) is 0 Å². The molecule has 0 saturated carbocycles. The first kappa shape index (κ1) is 14.1. The first-order chi connectivity index (χ1) is 10.6. The number of pyridine rings is 1. The lowest BCUT2D eigenvalue weighted by Gasteiger charge is -2.08. The maximum Gasteiger partial charge on any atom is 0.300 e. The molecule has 112 valence electrons. The van der Waals surface area contributed by atoms with Crippen molar-refractivity contribution in [3.05, 3.63) is 46.8 Å². The Morgan fingerprint density at radius 2 is 1.68 bits per heavy atom. The summed E-state index contributed by atoms with van der Waals surface area (Å²) in [4.78, 5) is 21.0. The normalized spacial score (nSPS) is 10.7. The van der Waals surface area contributed by atoms with E-state index in [4.69, 9.17) is 9.47 Å². The van der Waals surface area contributed by atoms with Crippen LogP contribution in [0.5, 0.6) is 11.8 Å². The zero-order valence-electron chi connectivity index (χ0n) is 12.5. The molecule has 0 aliphatic carbocycles. The van der Waals surface area contributed by atoms with Crippen molar-refractivity contribution in [1.82, 2.24) is 14.5 Å². The van der Waals surface area contributed by atoms with E-state index in [9.17, 15) is 4.79 Å². The van der Waals surface area contributed by atoms with E-state index in [0.717, 1.165) is 17.0 Å². The number of ether oxygens (including phenoxy) is 2. The van der Waals surface area contributed by atoms with Crippen LogP contribution >= 0.6 is 0 Å². The first-order valence-electron chi connectivity index (χ1n) is 6.70. The number of rotatable bonds is 3. The lowest BCUT2D eigenvalue weighted by molar-refractivity contribution is 0.359. The molecule has 3 aromatic rings. The minimum Gasteiger partial charge on any atom is -0.497 e. The maximum atomic E-state index is 12.2. The van der Waals surface area contributed by atoms with Gasteiger partial charge in [0.2, 0.25) is 0 Å². The number of fused-ring (bicyclic) bond motifs is 1. The molecule has 22 heavy (non-hydrogen) atoms. The molecular weight excluding hydrogens is 282 g/mol. The number of hydrogen-bond donors (Lipinski definition) is 0. The van der Waals surface area contributed by atoms with E-state index in [1.807, 2.05) is 24.3 Å². The average Bonchev–Trinajstić information content (AvgIpc) is 2.57. The van der Waals surface area contributed by atoms with Gasteiger partial charge in [-0.25, -0.2) is 4.98 Å². The van der Waals surface area contributed by atoms with Gasteiger partial charge >= 0.3 is 6.01 Å². The topological polar surface area (TPSA) is 66.2 Å². The quantitative estimate of drug-likeness (QED) is 0.740. The molecule has 0 saturated heterocycles. The van der Waals surface area contributed by atoms with Gasteiger partial charge in [0.05, 0.1) is 25.3 Å². The van der Waals surface area contributed by atoms with E-state index in [2.05, 4.69) is 9.97 Å². The molecule has 0 radical (unpaired) electrons. The summed E-state index contributed by atoms with van der Waals surface area (Å²) >= 11 is 0. The zero-order valence-corrected chi connectivity index (χ0v) is 12.5. The van der Waals surface area contributed by atoms with Gasteiger partial charge in [0, 0.05) is 12.6 Å². The second kappa shape index (κ2) is 5.48.